The summed E-state index contributed by atoms with van der Waals surface area (Å²) in [5, 5.41) is 5.73. The average Bonchev–Trinajstić information content (AvgIpc) is 3.24. The molecule has 182 valence electrons. The van der Waals surface area contributed by atoms with Gasteiger partial charge in [-0.2, -0.15) is 0 Å². The first kappa shape index (κ1) is 25.9. The lowest BCUT2D eigenvalue weighted by Gasteiger charge is -2.20. The van der Waals surface area contributed by atoms with E-state index < -0.39 is 0 Å². The molecule has 35 heavy (non-hydrogen) atoms. The predicted molar refractivity (Wildman–Crippen MR) is 148 cm³/mol. The van der Waals surface area contributed by atoms with E-state index >= 15 is 0 Å². The predicted octanol–water partition coefficient (Wildman–Crippen LogP) is 7.92. The molecule has 2 N–H and O–H groups in total. The van der Waals surface area contributed by atoms with Crippen LogP contribution in [0.3, 0.4) is 0 Å². The van der Waals surface area contributed by atoms with E-state index in [1.807, 2.05) is 49.4 Å². The monoisotopic (exact) mass is 545 g/mol. The van der Waals surface area contributed by atoms with Gasteiger partial charge in [-0.15, -0.1) is 0 Å². The van der Waals surface area contributed by atoms with Crippen molar-refractivity contribution in [2.24, 2.45) is 0 Å². The number of hydrogen-bond donors (Lipinski definition) is 2. The molecule has 0 saturated heterocycles. The second kappa shape index (κ2) is 11.7. The van der Waals surface area contributed by atoms with Crippen molar-refractivity contribution in [2.45, 2.75) is 35.7 Å². The molecule has 0 aliphatic rings. The highest BCUT2D eigenvalue weighted by molar-refractivity contribution is 7.99. The molecule has 0 saturated carbocycles. The number of aromatic nitrogens is 1. The van der Waals surface area contributed by atoms with E-state index in [4.69, 9.17) is 34.8 Å². The molecule has 8 heteroatoms. The Morgan fingerprint density at radius 1 is 1.00 bits per heavy atom. The smallest absolute Gasteiger partial charge is 0.267 e. The number of hydrogen-bond acceptors (Lipinski definition) is 3. The summed E-state index contributed by atoms with van der Waals surface area (Å²) < 4.78 is 0. The molecule has 1 amide bonds. The maximum Gasteiger partial charge on any atom is 0.267 e. The van der Waals surface area contributed by atoms with Gasteiger partial charge >= 0.3 is 0 Å². The molecule has 4 rings (SSSR count). The maximum atomic E-state index is 13.0. The van der Waals surface area contributed by atoms with Crippen LogP contribution in [0.5, 0.6) is 0 Å². The average molecular weight is 547 g/mol. The Balaban J connectivity index is 1.42. The van der Waals surface area contributed by atoms with Gasteiger partial charge in [0.2, 0.25) is 0 Å². The number of amides is 1. The highest BCUT2D eigenvalue weighted by atomic mass is 35.5. The van der Waals surface area contributed by atoms with Crippen LogP contribution in [0.25, 0.3) is 10.9 Å². The third kappa shape index (κ3) is 6.96. The van der Waals surface area contributed by atoms with Gasteiger partial charge in [0.15, 0.2) is 0 Å². The lowest BCUT2D eigenvalue weighted by Crippen LogP contribution is -2.35. The highest BCUT2D eigenvalue weighted by Gasteiger charge is 2.16. The van der Waals surface area contributed by atoms with Gasteiger partial charge in [-0.3, -0.25) is 4.79 Å². The Hall–Kier alpha value is -2.15. The molecule has 0 aliphatic carbocycles. The number of nitrogens with one attached hydrogen (secondary N) is 2. The zero-order valence-corrected chi connectivity index (χ0v) is 22.5. The molecule has 0 spiro atoms. The topological polar surface area (TPSA) is 48.1 Å². The first-order valence-electron chi connectivity index (χ1n) is 11.3. The van der Waals surface area contributed by atoms with E-state index in [-0.39, 0.29) is 11.9 Å². The fourth-order valence-corrected chi connectivity index (χ4v) is 5.62. The molecular weight excluding hydrogens is 521 g/mol. The zero-order valence-electron chi connectivity index (χ0n) is 19.4. The van der Waals surface area contributed by atoms with Gasteiger partial charge in [0, 0.05) is 49.9 Å². The Morgan fingerprint density at radius 2 is 1.77 bits per heavy atom. The van der Waals surface area contributed by atoms with Crippen molar-refractivity contribution in [3.05, 3.63) is 93.1 Å². The second-order valence-electron chi connectivity index (χ2n) is 8.61. The normalized spacial score (nSPS) is 12.3. The summed E-state index contributed by atoms with van der Waals surface area (Å²) in [4.78, 5) is 20.2. The summed E-state index contributed by atoms with van der Waals surface area (Å²) in [6, 6.07) is 21.3. The van der Waals surface area contributed by atoms with Gasteiger partial charge in [-0.1, -0.05) is 76.9 Å². The lowest BCUT2D eigenvalue weighted by atomic mass is 10.2. The summed E-state index contributed by atoms with van der Waals surface area (Å²) in [7, 11) is 2.09. The van der Waals surface area contributed by atoms with Crippen LogP contribution in [-0.4, -0.2) is 35.4 Å². The SMILES string of the molecule is CC(CCN(C)Cc1ccccc1)NC(=O)c1cc2c(Sc3ccc(Cl)cc3Cl)cc(Cl)cc2[nH]1. The van der Waals surface area contributed by atoms with E-state index in [1.165, 1.54) is 17.3 Å². The minimum Gasteiger partial charge on any atom is -0.350 e. The minimum absolute atomic E-state index is 0.0254. The molecule has 4 aromatic rings. The molecule has 0 fully saturated rings. The molecule has 0 radical (unpaired) electrons. The zero-order chi connectivity index (χ0) is 24.9. The molecule has 1 unspecified atom stereocenters. The Kier molecular flexibility index (Phi) is 8.68. The van der Waals surface area contributed by atoms with Gasteiger partial charge in [-0.25, -0.2) is 0 Å². The third-order valence-corrected chi connectivity index (χ3v) is 7.65. The number of rotatable bonds is 9. The van der Waals surface area contributed by atoms with Crippen LogP contribution in [0.4, 0.5) is 0 Å². The lowest BCUT2D eigenvalue weighted by molar-refractivity contribution is 0.0932. The van der Waals surface area contributed by atoms with Crippen LogP contribution in [0, 0.1) is 0 Å². The number of fused-ring (bicyclic) bond motifs is 1. The van der Waals surface area contributed by atoms with Gasteiger partial charge in [-0.05, 0) is 62.4 Å². The minimum atomic E-state index is -0.143. The summed E-state index contributed by atoms with van der Waals surface area (Å²) in [5.74, 6) is -0.143. The van der Waals surface area contributed by atoms with Crippen LogP contribution in [0.2, 0.25) is 15.1 Å². The van der Waals surface area contributed by atoms with Crippen molar-refractivity contribution >= 4 is 63.4 Å². The number of benzene rings is 3. The van der Waals surface area contributed by atoms with Crippen molar-refractivity contribution < 1.29 is 4.79 Å². The molecule has 3 aromatic carbocycles. The second-order valence-corrected chi connectivity index (χ2v) is 11.0. The van der Waals surface area contributed by atoms with Crippen molar-refractivity contribution in [1.82, 2.24) is 15.2 Å². The standard InChI is InChI=1S/C27H26Cl3N3OS/c1-17(10-11-33(2)16-18-6-4-3-5-7-18)31-27(34)24-15-21-23(32-24)13-20(29)14-26(21)35-25-9-8-19(28)12-22(25)30/h3-9,12-15,17,32H,10-11,16H2,1-2H3,(H,31,34). The molecule has 1 atom stereocenters. The Morgan fingerprint density at radius 3 is 2.51 bits per heavy atom. The molecule has 1 heterocycles. The van der Waals surface area contributed by atoms with E-state index in [9.17, 15) is 4.79 Å². The molecule has 4 nitrogen and oxygen atoms in total. The summed E-state index contributed by atoms with van der Waals surface area (Å²) in [5.41, 5.74) is 2.57. The van der Waals surface area contributed by atoms with E-state index in [0.29, 0.717) is 20.8 Å². The first-order valence-corrected chi connectivity index (χ1v) is 13.2. The van der Waals surface area contributed by atoms with Gasteiger partial charge in [0.1, 0.15) is 5.69 Å². The van der Waals surface area contributed by atoms with Crippen molar-refractivity contribution in [3.8, 4) is 0 Å². The highest BCUT2D eigenvalue weighted by Crippen LogP contribution is 2.39. The summed E-state index contributed by atoms with van der Waals surface area (Å²) >= 11 is 20.2. The number of carbonyl (C=O) groups excluding carboxylic acids is 1. The van der Waals surface area contributed by atoms with E-state index in [2.05, 4.69) is 34.4 Å². The van der Waals surface area contributed by atoms with Gasteiger partial charge in [0.05, 0.1) is 5.02 Å². The van der Waals surface area contributed by atoms with E-state index in [1.54, 1.807) is 12.1 Å². The van der Waals surface area contributed by atoms with E-state index in [0.717, 1.165) is 40.2 Å². The van der Waals surface area contributed by atoms with Crippen molar-refractivity contribution in [1.29, 1.82) is 0 Å². The molecule has 1 aromatic heterocycles. The summed E-state index contributed by atoms with van der Waals surface area (Å²) in [6.45, 7) is 3.78. The number of carbonyl (C=O) groups is 1. The fourth-order valence-electron chi connectivity index (χ4n) is 3.82. The van der Waals surface area contributed by atoms with Crippen molar-refractivity contribution in [2.75, 3.05) is 13.6 Å². The van der Waals surface area contributed by atoms with Crippen LogP contribution >= 0.6 is 46.6 Å². The Labute approximate surface area is 224 Å². The summed E-state index contributed by atoms with van der Waals surface area (Å²) in [6.07, 6.45) is 0.845. The largest absolute Gasteiger partial charge is 0.350 e. The van der Waals surface area contributed by atoms with Crippen LogP contribution in [0.15, 0.2) is 76.5 Å². The fraction of sp³-hybridized carbons (Fsp3) is 0.222. The quantitative estimate of drug-likeness (QED) is 0.224. The molecule has 0 bridgehead atoms. The van der Waals surface area contributed by atoms with Gasteiger partial charge in [0.25, 0.3) is 5.91 Å². The number of halogens is 3. The molecule has 0 aliphatic heterocycles. The number of nitrogens with zero attached hydrogens (tertiary/aromatic N) is 1. The molecular formula is C27H26Cl3N3OS. The van der Waals surface area contributed by atoms with Crippen LogP contribution in [-0.2, 0) is 6.54 Å². The first-order chi connectivity index (χ1) is 16.8. The number of aromatic amines is 1. The van der Waals surface area contributed by atoms with Gasteiger partial charge < -0.3 is 15.2 Å². The van der Waals surface area contributed by atoms with Crippen LogP contribution in [0.1, 0.15) is 29.4 Å². The maximum absolute atomic E-state index is 13.0. The Bertz CT molecular complexity index is 1330. The van der Waals surface area contributed by atoms with Crippen molar-refractivity contribution in [3.63, 3.8) is 0 Å². The third-order valence-electron chi connectivity index (χ3n) is 5.64. The number of H-pyrrole nitrogens is 1. The van der Waals surface area contributed by atoms with Crippen LogP contribution < -0.4 is 5.32 Å².